The van der Waals surface area contributed by atoms with Crippen LogP contribution in [0.15, 0.2) is 47.0 Å². The number of amides is 2. The van der Waals surface area contributed by atoms with E-state index in [-0.39, 0.29) is 42.2 Å². The van der Waals surface area contributed by atoms with Crippen molar-refractivity contribution in [3.63, 3.8) is 0 Å². The number of hydrogen-bond donors (Lipinski definition) is 2. The zero-order chi connectivity index (χ0) is 33.5. The maximum atomic E-state index is 13.6. The fraction of sp³-hybridized carbons (Fsp3) is 0.588. The highest BCUT2D eigenvalue weighted by Gasteiger charge is 2.30. The number of aromatic nitrogens is 1. The lowest BCUT2D eigenvalue weighted by molar-refractivity contribution is -0.145. The number of benzene rings is 1. The molecule has 10 nitrogen and oxygen atoms in total. The summed E-state index contributed by atoms with van der Waals surface area (Å²) < 4.78 is 16.2. The monoisotopic (exact) mass is 644 g/mol. The summed E-state index contributed by atoms with van der Waals surface area (Å²) in [7, 11) is 2.90. The fourth-order valence-corrected chi connectivity index (χ4v) is 5.87. The van der Waals surface area contributed by atoms with Gasteiger partial charge in [0.15, 0.2) is 0 Å². The third kappa shape index (κ3) is 11.6. The van der Waals surface area contributed by atoms with Gasteiger partial charge in [0.2, 0.25) is 5.91 Å². The number of carbonyl (C=O) groups excluding carboxylic acids is 3. The number of esters is 1. The molecule has 11 heteroatoms. The molecule has 1 unspecified atom stereocenters. The Kier molecular flexibility index (Phi) is 16.4. The molecule has 45 heavy (non-hydrogen) atoms. The van der Waals surface area contributed by atoms with Gasteiger partial charge in [-0.3, -0.25) is 14.4 Å². The van der Waals surface area contributed by atoms with E-state index < -0.39 is 18.1 Å². The molecule has 0 fully saturated rings. The van der Waals surface area contributed by atoms with Crippen molar-refractivity contribution in [2.24, 2.45) is 17.6 Å². The van der Waals surface area contributed by atoms with Gasteiger partial charge >= 0.3 is 5.97 Å². The number of ether oxygens (including phenoxy) is 3. The van der Waals surface area contributed by atoms with Crippen LogP contribution in [0.4, 0.5) is 0 Å². The number of nitrogens with zero attached hydrogens (tertiary/aromatic N) is 2. The minimum Gasteiger partial charge on any atom is -0.469 e. The van der Waals surface area contributed by atoms with Crippen LogP contribution >= 0.6 is 11.3 Å². The van der Waals surface area contributed by atoms with Gasteiger partial charge in [-0.05, 0) is 44.6 Å². The van der Waals surface area contributed by atoms with Gasteiger partial charge in [-0.1, -0.05) is 70.0 Å². The number of carbonyl (C=O) groups is 3. The van der Waals surface area contributed by atoms with E-state index >= 15 is 0 Å². The summed E-state index contributed by atoms with van der Waals surface area (Å²) >= 11 is 1.31. The van der Waals surface area contributed by atoms with Crippen LogP contribution in [0, 0.1) is 11.8 Å². The molecule has 0 aliphatic heterocycles. The summed E-state index contributed by atoms with van der Waals surface area (Å²) in [5.41, 5.74) is 9.48. The molecule has 0 saturated carbocycles. The fourth-order valence-electron chi connectivity index (χ4n) is 5.02. The van der Waals surface area contributed by atoms with Crippen molar-refractivity contribution in [3.05, 3.63) is 63.2 Å². The average molecular weight is 645 g/mol. The number of thiazole rings is 1. The molecule has 0 aliphatic rings. The summed E-state index contributed by atoms with van der Waals surface area (Å²) in [4.78, 5) is 45.7. The molecular weight excluding hydrogens is 592 g/mol. The van der Waals surface area contributed by atoms with E-state index in [0.717, 1.165) is 29.7 Å². The van der Waals surface area contributed by atoms with E-state index in [1.807, 2.05) is 65.0 Å². The Bertz CT molecular complexity index is 1250. The van der Waals surface area contributed by atoms with Crippen molar-refractivity contribution in [2.75, 3.05) is 27.6 Å². The van der Waals surface area contributed by atoms with Crippen LogP contribution in [0.5, 0.6) is 0 Å². The van der Waals surface area contributed by atoms with Crippen molar-refractivity contribution < 1.29 is 28.6 Å². The summed E-state index contributed by atoms with van der Waals surface area (Å²) in [6.45, 7) is 12.3. The molecule has 250 valence electrons. The molecule has 2 aromatic rings. The third-order valence-electron chi connectivity index (χ3n) is 7.86. The second-order valence-corrected chi connectivity index (χ2v) is 12.6. The van der Waals surface area contributed by atoms with Crippen LogP contribution in [0.25, 0.3) is 0 Å². The maximum absolute atomic E-state index is 13.6. The topological polar surface area (TPSA) is 133 Å². The minimum atomic E-state index is -0.616. The van der Waals surface area contributed by atoms with Crippen LogP contribution in [-0.2, 0) is 30.2 Å². The Morgan fingerprint density at radius 1 is 1.09 bits per heavy atom. The molecule has 0 aliphatic carbocycles. The summed E-state index contributed by atoms with van der Waals surface area (Å²) in [5.74, 6) is -1.14. The highest BCUT2D eigenvalue weighted by Crippen LogP contribution is 2.32. The van der Waals surface area contributed by atoms with Gasteiger partial charge in [-0.25, -0.2) is 4.98 Å². The summed E-state index contributed by atoms with van der Waals surface area (Å²) in [6.07, 6.45) is 2.32. The van der Waals surface area contributed by atoms with Gasteiger partial charge < -0.3 is 30.2 Å². The number of hydrogen-bond acceptors (Lipinski definition) is 9. The normalized spacial score (nSPS) is 14.5. The molecule has 2 amide bonds. The van der Waals surface area contributed by atoms with Gasteiger partial charge in [0, 0.05) is 37.2 Å². The zero-order valence-corrected chi connectivity index (χ0v) is 28.9. The van der Waals surface area contributed by atoms with Gasteiger partial charge in [0.1, 0.15) is 23.6 Å². The summed E-state index contributed by atoms with van der Waals surface area (Å²) in [6, 6.07) is 8.87. The minimum absolute atomic E-state index is 0.0144. The average Bonchev–Trinajstić information content (AvgIpc) is 3.53. The van der Waals surface area contributed by atoms with Crippen molar-refractivity contribution >= 4 is 29.1 Å². The lowest BCUT2D eigenvalue weighted by Crippen LogP contribution is -2.47. The second-order valence-electron chi connectivity index (χ2n) is 11.7. The van der Waals surface area contributed by atoms with Gasteiger partial charge in [0.05, 0.1) is 19.1 Å². The first-order valence-electron chi connectivity index (χ1n) is 15.7. The van der Waals surface area contributed by atoms with E-state index in [9.17, 15) is 14.4 Å². The highest BCUT2D eigenvalue weighted by atomic mass is 32.1. The largest absolute Gasteiger partial charge is 0.469 e. The molecule has 1 aromatic carbocycles. The van der Waals surface area contributed by atoms with Crippen molar-refractivity contribution in [1.82, 2.24) is 15.2 Å². The molecule has 0 saturated heterocycles. The van der Waals surface area contributed by atoms with Gasteiger partial charge in [0.25, 0.3) is 5.91 Å². The molecule has 2 rings (SSSR count). The van der Waals surface area contributed by atoms with Crippen LogP contribution in [0.2, 0.25) is 0 Å². The van der Waals surface area contributed by atoms with E-state index in [0.29, 0.717) is 30.8 Å². The Morgan fingerprint density at radius 2 is 1.78 bits per heavy atom. The Hall–Kier alpha value is -3.12. The standard InChI is InChI=1S/C34H52N4O6S/c1-9-16-38(33(40)30(35)23(5)10-2)28(22(3)4)19-29(44-21-42-7)32-37-27(20-45-32)31(39)36-26(17-24(6)34(41)43-8)18-25-14-12-11-13-15-25/h11-15,20,23-24,26,29-30H,9-10,16-19,21,35H2,1-8H3,(H,36,39)/t23?,24-,26+,29+,30-/m0/s1. The highest BCUT2D eigenvalue weighted by molar-refractivity contribution is 7.09. The first-order valence-corrected chi connectivity index (χ1v) is 16.6. The Balaban J connectivity index is 2.33. The molecule has 1 heterocycles. The SMILES string of the molecule is CCCN(C(=O)[C@@H](N)C(C)CC)C(C[C@@H](OCOC)c1nc(C(=O)N[C@@H](Cc2ccccc2)C[C@H](C)C(=O)OC)cs1)=C(C)C. The molecule has 5 atom stereocenters. The van der Waals surface area contributed by atoms with Crippen molar-refractivity contribution in [1.29, 1.82) is 0 Å². The molecule has 0 spiro atoms. The third-order valence-corrected chi connectivity index (χ3v) is 8.79. The molecule has 0 bridgehead atoms. The van der Waals surface area contributed by atoms with Gasteiger partial charge in [-0.15, -0.1) is 11.3 Å². The second kappa shape index (κ2) is 19.4. The number of nitrogens with one attached hydrogen (secondary N) is 1. The summed E-state index contributed by atoms with van der Waals surface area (Å²) in [5, 5.41) is 5.37. The molecule has 3 N–H and O–H groups in total. The van der Waals surface area contributed by atoms with E-state index in [4.69, 9.17) is 19.9 Å². The number of methoxy groups -OCH3 is 2. The molecule has 0 radical (unpaired) electrons. The lowest BCUT2D eigenvalue weighted by Gasteiger charge is -2.32. The lowest BCUT2D eigenvalue weighted by atomic mass is 9.96. The molecule has 1 aromatic heterocycles. The predicted octanol–water partition coefficient (Wildman–Crippen LogP) is 5.64. The Labute approximate surface area is 272 Å². The number of allylic oxidation sites excluding steroid dienone is 1. The quantitative estimate of drug-likeness (QED) is 0.148. The predicted molar refractivity (Wildman–Crippen MR) is 177 cm³/mol. The van der Waals surface area contributed by atoms with Crippen LogP contribution < -0.4 is 11.1 Å². The maximum Gasteiger partial charge on any atom is 0.308 e. The number of rotatable bonds is 19. The molecular formula is C34H52N4O6S. The van der Waals surface area contributed by atoms with Gasteiger partial charge in [-0.2, -0.15) is 0 Å². The first kappa shape index (κ1) is 38.1. The van der Waals surface area contributed by atoms with Crippen molar-refractivity contribution in [2.45, 2.75) is 91.8 Å². The van der Waals surface area contributed by atoms with Crippen LogP contribution in [0.1, 0.15) is 94.4 Å². The van der Waals surface area contributed by atoms with Crippen molar-refractivity contribution in [3.8, 4) is 0 Å². The number of nitrogens with two attached hydrogens (primary N) is 1. The van der Waals surface area contributed by atoms with E-state index in [1.165, 1.54) is 18.4 Å². The van der Waals surface area contributed by atoms with Crippen LogP contribution in [-0.4, -0.2) is 67.3 Å². The smallest absolute Gasteiger partial charge is 0.308 e. The van der Waals surface area contributed by atoms with E-state index in [1.54, 1.807) is 24.3 Å². The van der Waals surface area contributed by atoms with Crippen LogP contribution in [0.3, 0.4) is 0 Å². The first-order chi connectivity index (χ1) is 21.5. The van der Waals surface area contributed by atoms with E-state index in [2.05, 4.69) is 10.3 Å². The zero-order valence-electron chi connectivity index (χ0n) is 28.1. The Morgan fingerprint density at radius 3 is 2.36 bits per heavy atom.